The normalized spacial score (nSPS) is 16.4. The van der Waals surface area contributed by atoms with E-state index in [0.717, 1.165) is 34.6 Å². The van der Waals surface area contributed by atoms with Crippen LogP contribution in [0.4, 0.5) is 0 Å². The van der Waals surface area contributed by atoms with E-state index in [4.69, 9.17) is 11.6 Å². The summed E-state index contributed by atoms with van der Waals surface area (Å²) in [7, 11) is 0. The second-order valence-corrected chi connectivity index (χ2v) is 7.32. The Balaban J connectivity index is 1.43. The van der Waals surface area contributed by atoms with E-state index in [1.165, 1.54) is 0 Å². The number of carbonyl (C=O) groups is 1. The number of aromatic nitrogens is 1. The Morgan fingerprint density at radius 2 is 1.67 bits per heavy atom. The molecule has 2 heterocycles. The van der Waals surface area contributed by atoms with Crippen molar-refractivity contribution in [3.8, 4) is 0 Å². The molecule has 138 valence electrons. The summed E-state index contributed by atoms with van der Waals surface area (Å²) in [5, 5.41) is 1.84. The second-order valence-electron chi connectivity index (χ2n) is 6.91. The largest absolute Gasteiger partial charge is 0.335 e. The minimum atomic E-state index is 0.00537. The van der Waals surface area contributed by atoms with Gasteiger partial charge < -0.3 is 4.90 Å². The number of carbonyl (C=O) groups excluding carboxylic acids is 1. The summed E-state index contributed by atoms with van der Waals surface area (Å²) in [6.45, 7) is 5.21. The van der Waals surface area contributed by atoms with E-state index in [2.05, 4.69) is 22.9 Å². The molecule has 0 saturated carbocycles. The van der Waals surface area contributed by atoms with Gasteiger partial charge in [-0.15, -0.1) is 0 Å². The highest BCUT2D eigenvalue weighted by atomic mass is 35.5. The van der Waals surface area contributed by atoms with Crippen LogP contribution < -0.4 is 0 Å². The van der Waals surface area contributed by atoms with Gasteiger partial charge >= 0.3 is 0 Å². The number of rotatable bonds is 3. The molecule has 1 amide bonds. The van der Waals surface area contributed by atoms with Crippen LogP contribution in [0.3, 0.4) is 0 Å². The van der Waals surface area contributed by atoms with Crippen LogP contribution in [0.15, 0.2) is 60.7 Å². The van der Waals surface area contributed by atoms with E-state index >= 15 is 0 Å². The number of benzene rings is 2. The first kappa shape index (κ1) is 18.0. The van der Waals surface area contributed by atoms with Gasteiger partial charge in [0.1, 0.15) is 5.69 Å². The lowest BCUT2D eigenvalue weighted by atomic mass is 10.1. The van der Waals surface area contributed by atoms with Crippen molar-refractivity contribution in [2.24, 2.45) is 0 Å². The van der Waals surface area contributed by atoms with E-state index in [0.29, 0.717) is 18.8 Å². The molecule has 4 rings (SSSR count). The molecule has 1 unspecified atom stereocenters. The molecule has 5 heteroatoms. The van der Waals surface area contributed by atoms with Crippen LogP contribution in [-0.2, 0) is 0 Å². The summed E-state index contributed by atoms with van der Waals surface area (Å²) >= 11 is 6.35. The molecule has 0 spiro atoms. The van der Waals surface area contributed by atoms with Crippen LogP contribution in [0.25, 0.3) is 10.9 Å². The maximum absolute atomic E-state index is 12.9. The third-order valence-corrected chi connectivity index (χ3v) is 5.67. The van der Waals surface area contributed by atoms with Gasteiger partial charge in [-0.25, -0.2) is 4.98 Å². The van der Waals surface area contributed by atoms with E-state index < -0.39 is 0 Å². The zero-order valence-electron chi connectivity index (χ0n) is 15.3. The maximum atomic E-state index is 12.9. The number of para-hydroxylation sites is 1. The average molecular weight is 380 g/mol. The second kappa shape index (κ2) is 7.67. The van der Waals surface area contributed by atoms with Gasteiger partial charge in [0.2, 0.25) is 0 Å². The molecule has 0 bridgehead atoms. The highest BCUT2D eigenvalue weighted by Crippen LogP contribution is 2.28. The Hall–Kier alpha value is -2.43. The van der Waals surface area contributed by atoms with E-state index in [1.807, 2.05) is 59.5 Å². The first-order valence-corrected chi connectivity index (χ1v) is 9.65. The first-order chi connectivity index (χ1) is 13.1. The molecule has 4 nitrogen and oxygen atoms in total. The van der Waals surface area contributed by atoms with Crippen LogP contribution in [0.5, 0.6) is 0 Å². The van der Waals surface area contributed by atoms with Gasteiger partial charge in [0.15, 0.2) is 0 Å². The molecule has 1 aromatic heterocycles. The molecule has 2 aromatic carbocycles. The van der Waals surface area contributed by atoms with E-state index in [1.54, 1.807) is 0 Å². The van der Waals surface area contributed by atoms with Crippen LogP contribution in [-0.4, -0.2) is 46.9 Å². The van der Waals surface area contributed by atoms with Gasteiger partial charge in [-0.2, -0.15) is 0 Å². The summed E-state index contributed by atoms with van der Waals surface area (Å²) in [6, 6.07) is 19.9. The van der Waals surface area contributed by atoms with Gasteiger partial charge in [-0.05, 0) is 30.7 Å². The summed E-state index contributed by atoms with van der Waals surface area (Å²) in [5.41, 5.74) is 2.51. The smallest absolute Gasteiger partial charge is 0.272 e. The molecule has 0 radical (unpaired) electrons. The lowest BCUT2D eigenvalue weighted by Gasteiger charge is -2.38. The van der Waals surface area contributed by atoms with Gasteiger partial charge in [0.25, 0.3) is 5.91 Å². The van der Waals surface area contributed by atoms with Crippen molar-refractivity contribution in [3.05, 3.63) is 76.9 Å². The van der Waals surface area contributed by atoms with Gasteiger partial charge in [0.05, 0.1) is 5.52 Å². The summed E-state index contributed by atoms with van der Waals surface area (Å²) < 4.78 is 0. The topological polar surface area (TPSA) is 36.4 Å². The summed E-state index contributed by atoms with van der Waals surface area (Å²) in [6.07, 6.45) is 0. The molecule has 0 aliphatic carbocycles. The zero-order valence-corrected chi connectivity index (χ0v) is 16.1. The first-order valence-electron chi connectivity index (χ1n) is 9.27. The molecule has 1 fully saturated rings. The molecule has 3 aromatic rings. The highest BCUT2D eigenvalue weighted by molar-refractivity contribution is 6.31. The summed E-state index contributed by atoms with van der Waals surface area (Å²) in [5.74, 6) is 0.00537. The fraction of sp³-hybridized carbons (Fsp3) is 0.273. The number of nitrogens with zero attached hydrogens (tertiary/aromatic N) is 3. The molecule has 1 saturated heterocycles. The Morgan fingerprint density at radius 1 is 0.963 bits per heavy atom. The van der Waals surface area contributed by atoms with Crippen molar-refractivity contribution >= 4 is 28.4 Å². The van der Waals surface area contributed by atoms with Crippen molar-refractivity contribution in [1.29, 1.82) is 0 Å². The molecule has 1 atom stereocenters. The molecule has 27 heavy (non-hydrogen) atoms. The lowest BCUT2D eigenvalue weighted by molar-refractivity contribution is 0.0577. The van der Waals surface area contributed by atoms with Gasteiger partial charge in [-0.3, -0.25) is 9.69 Å². The SMILES string of the molecule is CC(c1ccccc1Cl)N1CCN(C(=O)c2ccc3ccccc3n2)CC1. The predicted octanol–water partition coefficient (Wildman–Crippen LogP) is 4.41. The van der Waals surface area contributed by atoms with Gasteiger partial charge in [-0.1, -0.05) is 54.1 Å². The highest BCUT2D eigenvalue weighted by Gasteiger charge is 2.26. The van der Waals surface area contributed by atoms with Crippen molar-refractivity contribution in [2.75, 3.05) is 26.2 Å². The molecular formula is C22H22ClN3O. The van der Waals surface area contributed by atoms with Crippen LogP contribution in [0.1, 0.15) is 29.0 Å². The van der Waals surface area contributed by atoms with Gasteiger partial charge in [0, 0.05) is 42.6 Å². The summed E-state index contributed by atoms with van der Waals surface area (Å²) in [4.78, 5) is 21.7. The van der Waals surface area contributed by atoms with Crippen LogP contribution in [0, 0.1) is 0 Å². The third kappa shape index (κ3) is 3.68. The zero-order chi connectivity index (χ0) is 18.8. The van der Waals surface area contributed by atoms with Crippen molar-refractivity contribution in [3.63, 3.8) is 0 Å². The Kier molecular flexibility index (Phi) is 5.10. The van der Waals surface area contributed by atoms with Crippen molar-refractivity contribution in [1.82, 2.24) is 14.8 Å². The molecule has 1 aliphatic rings. The van der Waals surface area contributed by atoms with Crippen molar-refractivity contribution < 1.29 is 4.79 Å². The predicted molar refractivity (Wildman–Crippen MR) is 109 cm³/mol. The van der Waals surface area contributed by atoms with E-state index in [9.17, 15) is 4.79 Å². The van der Waals surface area contributed by atoms with Crippen LogP contribution in [0.2, 0.25) is 5.02 Å². The molecule has 0 N–H and O–H groups in total. The third-order valence-electron chi connectivity index (χ3n) is 5.32. The standard InChI is InChI=1S/C22H22ClN3O/c1-16(18-7-3-4-8-19(18)23)25-12-14-26(15-13-25)22(27)21-11-10-17-6-2-5-9-20(17)24-21/h2-11,16H,12-15H2,1H3. The number of hydrogen-bond acceptors (Lipinski definition) is 3. The minimum Gasteiger partial charge on any atom is -0.335 e. The fourth-order valence-corrected chi connectivity index (χ4v) is 3.96. The fourth-order valence-electron chi connectivity index (χ4n) is 3.67. The molecular weight excluding hydrogens is 358 g/mol. The number of pyridine rings is 1. The number of amides is 1. The number of hydrogen-bond donors (Lipinski definition) is 0. The number of halogens is 1. The Labute approximate surface area is 164 Å². The maximum Gasteiger partial charge on any atom is 0.272 e. The minimum absolute atomic E-state index is 0.00537. The Bertz CT molecular complexity index is 966. The number of fused-ring (bicyclic) bond motifs is 1. The van der Waals surface area contributed by atoms with Crippen molar-refractivity contribution in [2.45, 2.75) is 13.0 Å². The average Bonchev–Trinajstić information content (AvgIpc) is 2.73. The quantitative estimate of drug-likeness (QED) is 0.676. The molecule has 1 aliphatic heterocycles. The van der Waals surface area contributed by atoms with E-state index in [-0.39, 0.29) is 11.9 Å². The lowest BCUT2D eigenvalue weighted by Crippen LogP contribution is -2.49. The Morgan fingerprint density at radius 3 is 2.44 bits per heavy atom. The monoisotopic (exact) mass is 379 g/mol. The number of piperazine rings is 1. The van der Waals surface area contributed by atoms with Crippen LogP contribution >= 0.6 is 11.6 Å².